The molecule has 0 unspecified atom stereocenters. The van der Waals surface area contributed by atoms with Gasteiger partial charge >= 0.3 is 0 Å². The van der Waals surface area contributed by atoms with E-state index in [2.05, 4.69) is 0 Å². The van der Waals surface area contributed by atoms with E-state index < -0.39 is 0 Å². The second kappa shape index (κ2) is 6.72. The molecule has 6 nitrogen and oxygen atoms in total. The first-order valence-electron chi connectivity index (χ1n) is 5.68. The lowest BCUT2D eigenvalue weighted by Crippen LogP contribution is -2.33. The minimum absolute atomic E-state index is 0.139. The van der Waals surface area contributed by atoms with Gasteiger partial charge in [-0.1, -0.05) is 0 Å². The maximum atomic E-state index is 10.9. The molecule has 2 aromatic rings. The van der Waals surface area contributed by atoms with E-state index in [4.69, 9.17) is 10.5 Å². The summed E-state index contributed by atoms with van der Waals surface area (Å²) >= 11 is 0. The first kappa shape index (κ1) is 14.9. The SMILES string of the molecule is Cc1cc(C#N)cc[n+]1[O-].Cc1cccc(C#N)[n+]1[O-]. The molecule has 6 heteroatoms. The molecule has 2 heterocycles. The van der Waals surface area contributed by atoms with Crippen molar-refractivity contribution < 1.29 is 9.46 Å². The van der Waals surface area contributed by atoms with E-state index in [0.717, 1.165) is 4.73 Å². The highest BCUT2D eigenvalue weighted by Gasteiger charge is 2.03. The molecule has 20 heavy (non-hydrogen) atoms. The van der Waals surface area contributed by atoms with Crippen LogP contribution in [0.1, 0.15) is 22.6 Å². The van der Waals surface area contributed by atoms with Crippen LogP contribution < -0.4 is 9.46 Å². The van der Waals surface area contributed by atoms with E-state index in [9.17, 15) is 10.4 Å². The predicted molar refractivity (Wildman–Crippen MR) is 69.7 cm³/mol. The quantitative estimate of drug-likeness (QED) is 0.525. The smallest absolute Gasteiger partial charge is 0.294 e. The predicted octanol–water partition coefficient (Wildman–Crippen LogP) is 1.00. The average molecular weight is 268 g/mol. The van der Waals surface area contributed by atoms with E-state index >= 15 is 0 Å². The molecule has 0 aliphatic carbocycles. The molecule has 0 spiro atoms. The van der Waals surface area contributed by atoms with Gasteiger partial charge in [0.05, 0.1) is 11.6 Å². The summed E-state index contributed by atoms with van der Waals surface area (Å²) in [6, 6.07) is 11.6. The van der Waals surface area contributed by atoms with E-state index in [1.54, 1.807) is 38.1 Å². The number of rotatable bonds is 0. The van der Waals surface area contributed by atoms with Crippen LogP contribution in [-0.4, -0.2) is 0 Å². The van der Waals surface area contributed by atoms with Gasteiger partial charge < -0.3 is 10.4 Å². The van der Waals surface area contributed by atoms with Gasteiger partial charge in [-0.2, -0.15) is 20.0 Å². The summed E-state index contributed by atoms with van der Waals surface area (Å²) in [6.07, 6.45) is 1.33. The van der Waals surface area contributed by atoms with Gasteiger partial charge in [0.1, 0.15) is 0 Å². The number of nitrogens with zero attached hydrogens (tertiary/aromatic N) is 4. The van der Waals surface area contributed by atoms with Gasteiger partial charge in [-0.05, 0) is 6.07 Å². The fraction of sp³-hybridized carbons (Fsp3) is 0.143. The third kappa shape index (κ3) is 3.69. The number of nitriles is 2. The van der Waals surface area contributed by atoms with Gasteiger partial charge in [-0.3, -0.25) is 0 Å². The Morgan fingerprint density at radius 1 is 1.00 bits per heavy atom. The molecule has 2 aromatic heterocycles. The lowest BCUT2D eigenvalue weighted by Gasteiger charge is -1.99. The summed E-state index contributed by atoms with van der Waals surface area (Å²) in [5.74, 6) is 0. The molecule has 0 atom stereocenters. The zero-order valence-electron chi connectivity index (χ0n) is 11.1. The summed E-state index contributed by atoms with van der Waals surface area (Å²) in [5, 5.41) is 38.4. The Morgan fingerprint density at radius 2 is 1.70 bits per heavy atom. The summed E-state index contributed by atoms with van der Waals surface area (Å²) in [4.78, 5) is 0. The van der Waals surface area contributed by atoms with Crippen molar-refractivity contribution in [1.82, 2.24) is 0 Å². The van der Waals surface area contributed by atoms with E-state index in [0.29, 0.717) is 21.7 Å². The monoisotopic (exact) mass is 268 g/mol. The Labute approximate surface area is 116 Å². The molecule has 0 amide bonds. The first-order valence-corrected chi connectivity index (χ1v) is 5.68. The molecule has 0 aliphatic rings. The van der Waals surface area contributed by atoms with Gasteiger partial charge in [-0.15, -0.1) is 0 Å². The maximum Gasteiger partial charge on any atom is 0.294 e. The number of aromatic nitrogens is 2. The summed E-state index contributed by atoms with van der Waals surface area (Å²) in [7, 11) is 0. The van der Waals surface area contributed by atoms with Crippen LogP contribution in [0.25, 0.3) is 0 Å². The van der Waals surface area contributed by atoms with Crippen LogP contribution in [0.3, 0.4) is 0 Å². The van der Waals surface area contributed by atoms with Crippen molar-refractivity contribution in [3.63, 3.8) is 0 Å². The van der Waals surface area contributed by atoms with Gasteiger partial charge in [0.25, 0.3) is 5.69 Å². The standard InChI is InChI=1S/2C7H6N2O/c1-6-4-7(5-8)2-3-9(6)10;1-6-3-2-4-7(5-8)9(6)10/h2*2-4H,1H3. The Morgan fingerprint density at radius 3 is 2.20 bits per heavy atom. The minimum Gasteiger partial charge on any atom is -0.619 e. The molecule has 0 N–H and O–H groups in total. The summed E-state index contributed by atoms with van der Waals surface area (Å²) in [6.45, 7) is 3.32. The number of hydrogen-bond acceptors (Lipinski definition) is 4. The normalized spacial score (nSPS) is 8.80. The molecule has 0 aromatic carbocycles. The van der Waals surface area contributed by atoms with Crippen molar-refractivity contribution in [1.29, 1.82) is 10.5 Å². The van der Waals surface area contributed by atoms with Crippen LogP contribution in [0.2, 0.25) is 0 Å². The Balaban J connectivity index is 0.000000200. The molecule has 0 bridgehead atoms. The average Bonchev–Trinajstić information content (AvgIpc) is 2.45. The van der Waals surface area contributed by atoms with Crippen LogP contribution in [0, 0.1) is 46.9 Å². The molecule has 0 radical (unpaired) electrons. The van der Waals surface area contributed by atoms with Crippen LogP contribution >= 0.6 is 0 Å². The van der Waals surface area contributed by atoms with Crippen LogP contribution in [0.5, 0.6) is 0 Å². The van der Waals surface area contributed by atoms with Crippen molar-refractivity contribution in [2.24, 2.45) is 0 Å². The zero-order chi connectivity index (χ0) is 15.1. The molecule has 2 rings (SSSR count). The minimum atomic E-state index is 0.139. The van der Waals surface area contributed by atoms with E-state index in [1.165, 1.54) is 18.3 Å². The van der Waals surface area contributed by atoms with Crippen molar-refractivity contribution in [2.75, 3.05) is 0 Å². The highest BCUT2D eigenvalue weighted by Crippen LogP contribution is 1.95. The van der Waals surface area contributed by atoms with Crippen molar-refractivity contribution in [2.45, 2.75) is 13.8 Å². The Kier molecular flexibility index (Phi) is 5.02. The van der Waals surface area contributed by atoms with Gasteiger partial charge in [-0.25, -0.2) is 0 Å². The molecular formula is C14H12N4O2. The fourth-order valence-electron chi connectivity index (χ4n) is 1.36. The molecule has 100 valence electrons. The second-order valence-corrected chi connectivity index (χ2v) is 3.95. The van der Waals surface area contributed by atoms with Crippen LogP contribution in [0.15, 0.2) is 36.5 Å². The molecule has 0 saturated heterocycles. The third-order valence-corrected chi connectivity index (χ3v) is 2.48. The number of hydrogen-bond donors (Lipinski definition) is 0. The van der Waals surface area contributed by atoms with Gasteiger partial charge in [0.15, 0.2) is 23.7 Å². The van der Waals surface area contributed by atoms with E-state index in [-0.39, 0.29) is 5.69 Å². The molecule has 0 fully saturated rings. The van der Waals surface area contributed by atoms with Gasteiger partial charge in [0.2, 0.25) is 0 Å². The van der Waals surface area contributed by atoms with Crippen molar-refractivity contribution >= 4 is 0 Å². The molecule has 0 saturated carbocycles. The lowest BCUT2D eigenvalue weighted by molar-refractivity contribution is -0.615. The van der Waals surface area contributed by atoms with Crippen molar-refractivity contribution in [3.05, 3.63) is 69.6 Å². The van der Waals surface area contributed by atoms with Crippen LogP contribution in [-0.2, 0) is 0 Å². The highest BCUT2D eigenvalue weighted by atomic mass is 16.5. The third-order valence-electron chi connectivity index (χ3n) is 2.48. The number of pyridine rings is 2. The largest absolute Gasteiger partial charge is 0.619 e. The lowest BCUT2D eigenvalue weighted by atomic mass is 10.2. The summed E-state index contributed by atoms with van der Waals surface area (Å²) < 4.78 is 1.33. The van der Waals surface area contributed by atoms with Crippen LogP contribution in [0.4, 0.5) is 0 Å². The second-order valence-electron chi connectivity index (χ2n) is 3.95. The maximum absolute atomic E-state index is 10.9. The topological polar surface area (TPSA) is 101 Å². The summed E-state index contributed by atoms with van der Waals surface area (Å²) in [5.41, 5.74) is 1.74. The highest BCUT2D eigenvalue weighted by molar-refractivity contribution is 5.26. The molecular weight excluding hydrogens is 256 g/mol. The molecule has 0 aliphatic heterocycles. The van der Waals surface area contributed by atoms with Crippen molar-refractivity contribution in [3.8, 4) is 12.1 Å². The zero-order valence-corrected chi connectivity index (χ0v) is 11.1. The van der Waals surface area contributed by atoms with E-state index in [1.807, 2.05) is 6.07 Å². The Bertz CT molecular complexity index is 699. The number of aryl methyl sites for hydroxylation is 2. The van der Waals surface area contributed by atoms with Gasteiger partial charge in [0, 0.05) is 38.1 Å². The Hall–Kier alpha value is -3.12. The first-order chi connectivity index (χ1) is 9.49. The fourth-order valence-corrected chi connectivity index (χ4v) is 1.36.